The first-order valence-corrected chi connectivity index (χ1v) is 10.7. The zero-order valence-corrected chi connectivity index (χ0v) is 16.6. The number of hydrogen-bond acceptors (Lipinski definition) is 4. The van der Waals surface area contributed by atoms with Gasteiger partial charge in [-0.15, -0.1) is 0 Å². The van der Waals surface area contributed by atoms with Crippen LogP contribution in [-0.4, -0.2) is 42.9 Å². The maximum atomic E-state index is 14.3. The van der Waals surface area contributed by atoms with Gasteiger partial charge < -0.3 is 4.74 Å². The van der Waals surface area contributed by atoms with Crippen molar-refractivity contribution in [1.82, 2.24) is 4.90 Å². The fraction of sp³-hybridized carbons (Fsp3) is 0.739. The molecule has 1 spiro atoms. The Kier molecular flexibility index (Phi) is 3.03. The molecule has 1 saturated carbocycles. The second-order valence-electron chi connectivity index (χ2n) is 10.2. The molecular formula is C23H29NO3. The van der Waals surface area contributed by atoms with E-state index in [4.69, 9.17) is 4.74 Å². The van der Waals surface area contributed by atoms with Crippen LogP contribution < -0.4 is 0 Å². The summed E-state index contributed by atoms with van der Waals surface area (Å²) in [5, 5.41) is 0. The molecule has 0 N–H and O–H groups in total. The summed E-state index contributed by atoms with van der Waals surface area (Å²) in [6, 6.07) is 0.493. The lowest BCUT2D eigenvalue weighted by Gasteiger charge is -2.59. The second-order valence-corrected chi connectivity index (χ2v) is 10.2. The van der Waals surface area contributed by atoms with Crippen molar-refractivity contribution in [2.75, 3.05) is 20.2 Å². The third-order valence-electron chi connectivity index (χ3n) is 9.59. The molecule has 6 rings (SSSR count). The number of nitrogens with zero attached hydrogens (tertiary/aromatic N) is 1. The average molecular weight is 367 g/mol. The zero-order chi connectivity index (χ0) is 18.7. The van der Waals surface area contributed by atoms with Crippen LogP contribution in [0, 0.1) is 28.6 Å². The smallest absolute Gasteiger partial charge is 0.334 e. The Morgan fingerprint density at radius 1 is 1.22 bits per heavy atom. The number of ketones is 1. The topological polar surface area (TPSA) is 46.6 Å². The SMILES string of the molecule is COC(=O)C1=C2CCC3=C2[C@@]2(C1)C(=O)[C@@H]1C[C@H]4N(CC1C)C[C@@H](CC3)[C@]42C. The molecule has 2 bridgehead atoms. The molecule has 0 aromatic heterocycles. The molecule has 4 aliphatic carbocycles. The Balaban J connectivity index is 1.64. The van der Waals surface area contributed by atoms with E-state index in [0.29, 0.717) is 30.1 Å². The lowest BCUT2D eigenvalue weighted by Crippen LogP contribution is -2.65. The van der Waals surface area contributed by atoms with Gasteiger partial charge in [0.15, 0.2) is 0 Å². The molecule has 4 heteroatoms. The summed E-state index contributed by atoms with van der Waals surface area (Å²) in [6.45, 7) is 6.89. The first-order chi connectivity index (χ1) is 12.9. The predicted octanol–water partition coefficient (Wildman–Crippen LogP) is 3.28. The van der Waals surface area contributed by atoms with E-state index in [-0.39, 0.29) is 17.3 Å². The van der Waals surface area contributed by atoms with E-state index in [1.54, 1.807) is 0 Å². The Labute approximate surface area is 161 Å². The minimum absolute atomic E-state index is 0.0385. The third kappa shape index (κ3) is 1.60. The van der Waals surface area contributed by atoms with Gasteiger partial charge in [0.25, 0.3) is 0 Å². The van der Waals surface area contributed by atoms with Crippen molar-refractivity contribution in [1.29, 1.82) is 0 Å². The molecule has 6 aliphatic rings. The first kappa shape index (κ1) is 16.5. The summed E-state index contributed by atoms with van der Waals surface area (Å²) in [6.07, 6.45) is 5.92. The molecule has 2 saturated heterocycles. The highest BCUT2D eigenvalue weighted by atomic mass is 16.5. The molecule has 0 radical (unpaired) electrons. The van der Waals surface area contributed by atoms with Crippen LogP contribution in [0.2, 0.25) is 0 Å². The Morgan fingerprint density at radius 3 is 2.81 bits per heavy atom. The van der Waals surface area contributed by atoms with Crippen molar-refractivity contribution in [2.24, 2.45) is 28.6 Å². The Bertz CT molecular complexity index is 854. The van der Waals surface area contributed by atoms with Gasteiger partial charge in [0.05, 0.1) is 12.5 Å². The van der Waals surface area contributed by atoms with E-state index in [0.717, 1.165) is 44.3 Å². The molecule has 0 aromatic rings. The number of esters is 1. The maximum Gasteiger partial charge on any atom is 0.334 e. The summed E-state index contributed by atoms with van der Waals surface area (Å²) in [5.41, 5.74) is 4.33. The molecule has 3 fully saturated rings. The summed E-state index contributed by atoms with van der Waals surface area (Å²) < 4.78 is 5.18. The van der Waals surface area contributed by atoms with Crippen molar-refractivity contribution in [3.63, 3.8) is 0 Å². The number of ether oxygens (including phenoxy) is 1. The Morgan fingerprint density at radius 2 is 2.04 bits per heavy atom. The van der Waals surface area contributed by atoms with Crippen LogP contribution in [0.1, 0.15) is 52.4 Å². The minimum Gasteiger partial charge on any atom is -0.466 e. The van der Waals surface area contributed by atoms with E-state index >= 15 is 0 Å². The number of hydrogen-bond donors (Lipinski definition) is 0. The zero-order valence-electron chi connectivity index (χ0n) is 16.6. The maximum absolute atomic E-state index is 14.3. The van der Waals surface area contributed by atoms with Gasteiger partial charge in [0, 0.05) is 36.0 Å². The molecule has 0 amide bonds. The van der Waals surface area contributed by atoms with Crippen LogP contribution >= 0.6 is 0 Å². The number of rotatable bonds is 1. The molecule has 6 atom stereocenters. The molecule has 4 nitrogen and oxygen atoms in total. The lowest BCUT2D eigenvalue weighted by molar-refractivity contribution is -0.156. The van der Waals surface area contributed by atoms with Crippen molar-refractivity contribution in [3.8, 4) is 0 Å². The van der Waals surface area contributed by atoms with Gasteiger partial charge in [0.1, 0.15) is 5.78 Å². The minimum atomic E-state index is -0.462. The van der Waals surface area contributed by atoms with Crippen LogP contribution in [-0.2, 0) is 14.3 Å². The lowest BCUT2D eigenvalue weighted by atomic mass is 9.45. The number of piperidine rings is 1. The highest BCUT2D eigenvalue weighted by Crippen LogP contribution is 2.73. The van der Waals surface area contributed by atoms with Crippen LogP contribution in [0.5, 0.6) is 0 Å². The molecule has 27 heavy (non-hydrogen) atoms. The van der Waals surface area contributed by atoms with Crippen molar-refractivity contribution in [2.45, 2.75) is 58.4 Å². The van der Waals surface area contributed by atoms with E-state index in [9.17, 15) is 9.59 Å². The summed E-state index contributed by atoms with van der Waals surface area (Å²) in [5.74, 6) is 1.40. The van der Waals surface area contributed by atoms with Crippen molar-refractivity contribution >= 4 is 11.8 Å². The van der Waals surface area contributed by atoms with Gasteiger partial charge in [-0.2, -0.15) is 0 Å². The highest BCUT2D eigenvalue weighted by molar-refractivity contribution is 6.01. The summed E-state index contributed by atoms with van der Waals surface area (Å²) in [7, 11) is 1.48. The van der Waals surface area contributed by atoms with E-state index in [1.165, 1.54) is 30.2 Å². The molecule has 2 aliphatic heterocycles. The summed E-state index contributed by atoms with van der Waals surface area (Å²) >= 11 is 0. The standard InChI is InChI=1S/C23H29NO3/c1-12-10-24-11-14-6-4-13-5-7-15-17(21(26)27-3)9-23(19(13)15)20(25)16(12)8-18(24)22(14,23)2/h12,14,16,18H,4-11H2,1-3H3/t12?,14-,16-,18-,22-,23+/m1/s1. The van der Waals surface area contributed by atoms with Crippen molar-refractivity contribution in [3.05, 3.63) is 22.3 Å². The summed E-state index contributed by atoms with van der Waals surface area (Å²) in [4.78, 5) is 29.6. The molecular weight excluding hydrogens is 338 g/mol. The monoisotopic (exact) mass is 367 g/mol. The van der Waals surface area contributed by atoms with Crippen LogP contribution in [0.15, 0.2) is 22.3 Å². The van der Waals surface area contributed by atoms with E-state index in [1.807, 2.05) is 0 Å². The fourth-order valence-corrected chi connectivity index (χ4v) is 8.44. The van der Waals surface area contributed by atoms with E-state index < -0.39 is 5.41 Å². The van der Waals surface area contributed by atoms with Gasteiger partial charge in [-0.25, -0.2) is 4.79 Å². The molecule has 2 heterocycles. The Hall–Kier alpha value is -1.42. The molecule has 144 valence electrons. The fourth-order valence-electron chi connectivity index (χ4n) is 8.44. The normalized spacial score (nSPS) is 47.4. The second kappa shape index (κ2) is 4.94. The van der Waals surface area contributed by atoms with Gasteiger partial charge in [-0.3, -0.25) is 9.69 Å². The van der Waals surface area contributed by atoms with Crippen LogP contribution in [0.25, 0.3) is 0 Å². The number of methoxy groups -OCH3 is 1. The highest BCUT2D eigenvalue weighted by Gasteiger charge is 2.74. The largest absolute Gasteiger partial charge is 0.466 e. The van der Waals surface area contributed by atoms with E-state index in [2.05, 4.69) is 18.7 Å². The number of allylic oxidation sites excluding steroid dienone is 3. The van der Waals surface area contributed by atoms with Gasteiger partial charge in [0.2, 0.25) is 0 Å². The van der Waals surface area contributed by atoms with Crippen LogP contribution in [0.3, 0.4) is 0 Å². The van der Waals surface area contributed by atoms with Gasteiger partial charge >= 0.3 is 5.97 Å². The third-order valence-corrected chi connectivity index (χ3v) is 9.59. The first-order valence-electron chi connectivity index (χ1n) is 10.7. The number of carbonyl (C=O) groups is 2. The molecule has 0 aromatic carbocycles. The molecule has 1 unspecified atom stereocenters. The van der Waals surface area contributed by atoms with Crippen LogP contribution in [0.4, 0.5) is 0 Å². The average Bonchev–Trinajstić information content (AvgIpc) is 3.27. The van der Waals surface area contributed by atoms with Crippen molar-refractivity contribution < 1.29 is 14.3 Å². The quantitative estimate of drug-likeness (QED) is 0.668. The predicted molar refractivity (Wildman–Crippen MR) is 101 cm³/mol. The van der Waals surface area contributed by atoms with Gasteiger partial charge in [-0.1, -0.05) is 19.4 Å². The van der Waals surface area contributed by atoms with Gasteiger partial charge in [-0.05, 0) is 61.5 Å². The number of Topliss-reactive ketones (excluding diaryl/α,β-unsaturated/α-hetero) is 1. The number of fused-ring (bicyclic) bond motifs is 1. The number of carbonyl (C=O) groups excluding carboxylic acids is 2.